The molecular weight excluding hydrogens is 484 g/mol. The van der Waals surface area contributed by atoms with Crippen LogP contribution in [0.4, 0.5) is 5.69 Å². The largest absolute Gasteiger partial charge is 0.493 e. The molecule has 3 rings (SSSR count). The van der Waals surface area contributed by atoms with Crippen molar-refractivity contribution in [3.05, 3.63) is 23.8 Å². The number of carbonyl (C=O) groups is 3. The van der Waals surface area contributed by atoms with Crippen molar-refractivity contribution in [2.75, 3.05) is 78.5 Å². The second-order valence-corrected chi connectivity index (χ2v) is 10.8. The van der Waals surface area contributed by atoms with E-state index in [1.54, 1.807) is 0 Å². The molecule has 0 unspecified atom stereocenters. The molecule has 0 aliphatic carbocycles. The molecule has 2 aliphatic heterocycles. The van der Waals surface area contributed by atoms with Crippen LogP contribution in [0, 0.1) is 11.8 Å². The van der Waals surface area contributed by atoms with Gasteiger partial charge in [-0.25, -0.2) is 0 Å². The van der Waals surface area contributed by atoms with E-state index in [4.69, 9.17) is 4.74 Å². The normalized spacial score (nSPS) is 20.3. The molecule has 3 N–H and O–H groups in total. The number of benzene rings is 1. The number of nitrogens with zero attached hydrogens (tertiary/aromatic N) is 3. The van der Waals surface area contributed by atoms with Gasteiger partial charge in [-0.3, -0.25) is 14.4 Å². The van der Waals surface area contributed by atoms with Crippen molar-refractivity contribution < 1.29 is 19.1 Å². The third-order valence-electron chi connectivity index (χ3n) is 7.45. The van der Waals surface area contributed by atoms with Crippen molar-refractivity contribution in [2.45, 2.75) is 39.2 Å². The number of ether oxygens (including phenoxy) is 1. The average molecular weight is 531 g/mol. The zero-order chi connectivity index (χ0) is 27.5. The summed E-state index contributed by atoms with van der Waals surface area (Å²) < 4.78 is 6.22. The van der Waals surface area contributed by atoms with Crippen LogP contribution in [0.3, 0.4) is 0 Å². The fourth-order valence-corrected chi connectivity index (χ4v) is 5.16. The maximum Gasteiger partial charge on any atom is 0.236 e. The molecule has 1 aromatic rings. The summed E-state index contributed by atoms with van der Waals surface area (Å²) in [5.41, 5.74) is 2.18. The first-order valence-electron chi connectivity index (χ1n) is 13.8. The molecule has 1 fully saturated rings. The third-order valence-corrected chi connectivity index (χ3v) is 7.45. The first-order valence-corrected chi connectivity index (χ1v) is 13.8. The van der Waals surface area contributed by atoms with Gasteiger partial charge >= 0.3 is 0 Å². The van der Waals surface area contributed by atoms with Gasteiger partial charge in [-0.1, -0.05) is 0 Å². The summed E-state index contributed by atoms with van der Waals surface area (Å²) in [5.74, 6) is 1.34. The minimum Gasteiger partial charge on any atom is -0.493 e. The lowest BCUT2D eigenvalue weighted by Gasteiger charge is -2.38. The quantitative estimate of drug-likeness (QED) is 0.410. The highest BCUT2D eigenvalue weighted by Gasteiger charge is 2.32. The topological polar surface area (TPSA) is 106 Å². The SMILES string of the molecule is CC(=O)NCCNC(=O)C[C@@H]1CCN2C[C@@H]1CCCOc1ccc(N(C)CCN(C)C)cc1CNCC2=O. The van der Waals surface area contributed by atoms with E-state index in [0.29, 0.717) is 45.8 Å². The van der Waals surface area contributed by atoms with Gasteiger partial charge in [0.05, 0.1) is 13.2 Å². The summed E-state index contributed by atoms with van der Waals surface area (Å²) in [5, 5.41) is 8.94. The molecule has 2 heterocycles. The Kier molecular flexibility index (Phi) is 11.7. The number of nitrogens with one attached hydrogen (secondary N) is 3. The van der Waals surface area contributed by atoms with Gasteiger partial charge in [0.15, 0.2) is 0 Å². The van der Waals surface area contributed by atoms with Crippen molar-refractivity contribution in [3.63, 3.8) is 0 Å². The molecule has 0 saturated carbocycles. The maximum atomic E-state index is 13.0. The highest BCUT2D eigenvalue weighted by atomic mass is 16.5. The lowest BCUT2D eigenvalue weighted by molar-refractivity contribution is -0.133. The van der Waals surface area contributed by atoms with Crippen LogP contribution in [0.25, 0.3) is 0 Å². The number of hydrogen-bond acceptors (Lipinski definition) is 7. The minimum absolute atomic E-state index is 0.00115. The second-order valence-electron chi connectivity index (χ2n) is 10.8. The van der Waals surface area contributed by atoms with Gasteiger partial charge in [-0.05, 0) is 63.4 Å². The van der Waals surface area contributed by atoms with Crippen molar-refractivity contribution in [1.29, 1.82) is 0 Å². The molecule has 212 valence electrons. The molecule has 2 aliphatic rings. The number of amides is 3. The number of likely N-dealkylation sites (N-methyl/N-ethyl adjacent to an activating group) is 2. The van der Waals surface area contributed by atoms with E-state index < -0.39 is 0 Å². The maximum absolute atomic E-state index is 13.0. The summed E-state index contributed by atoms with van der Waals surface area (Å²) in [4.78, 5) is 42.9. The Labute approximate surface area is 227 Å². The number of anilines is 1. The lowest BCUT2D eigenvalue weighted by atomic mass is 9.80. The second kappa shape index (κ2) is 14.9. The van der Waals surface area contributed by atoms with Crippen molar-refractivity contribution >= 4 is 23.4 Å². The molecule has 0 aromatic heterocycles. The smallest absolute Gasteiger partial charge is 0.236 e. The third kappa shape index (κ3) is 9.47. The monoisotopic (exact) mass is 530 g/mol. The summed E-state index contributed by atoms with van der Waals surface area (Å²) in [6.45, 7) is 7.00. The van der Waals surface area contributed by atoms with Crippen molar-refractivity contribution in [1.82, 2.24) is 25.8 Å². The molecule has 3 amide bonds. The predicted molar refractivity (Wildman–Crippen MR) is 149 cm³/mol. The molecule has 1 saturated heterocycles. The van der Waals surface area contributed by atoms with Crippen molar-refractivity contribution in [3.8, 4) is 5.75 Å². The van der Waals surface area contributed by atoms with Gasteiger partial charge in [0.25, 0.3) is 0 Å². The number of fused-ring (bicyclic) bond motifs is 3. The Bertz CT molecular complexity index is 940. The summed E-state index contributed by atoms with van der Waals surface area (Å²) in [6, 6.07) is 6.29. The average Bonchev–Trinajstić information content (AvgIpc) is 2.89. The van der Waals surface area contributed by atoms with Crippen molar-refractivity contribution in [2.24, 2.45) is 11.8 Å². The molecule has 1 aromatic carbocycles. The van der Waals surface area contributed by atoms with E-state index in [2.05, 4.69) is 59.0 Å². The zero-order valence-corrected chi connectivity index (χ0v) is 23.6. The van der Waals surface area contributed by atoms with Gasteiger partial charge in [0.1, 0.15) is 5.75 Å². The summed E-state index contributed by atoms with van der Waals surface area (Å²) in [6.07, 6.45) is 3.03. The number of carbonyl (C=O) groups excluding carboxylic acids is 3. The minimum atomic E-state index is -0.104. The van der Waals surface area contributed by atoms with Crippen LogP contribution in [0.1, 0.15) is 38.2 Å². The van der Waals surface area contributed by atoms with Gasteiger partial charge in [-0.2, -0.15) is 0 Å². The summed E-state index contributed by atoms with van der Waals surface area (Å²) in [7, 11) is 6.24. The summed E-state index contributed by atoms with van der Waals surface area (Å²) >= 11 is 0. The zero-order valence-electron chi connectivity index (χ0n) is 23.6. The van der Waals surface area contributed by atoms with Gasteiger partial charge in [0.2, 0.25) is 17.7 Å². The van der Waals surface area contributed by atoms with E-state index >= 15 is 0 Å². The number of piperidine rings is 1. The molecule has 10 nitrogen and oxygen atoms in total. The van der Waals surface area contributed by atoms with E-state index in [9.17, 15) is 14.4 Å². The first kappa shape index (κ1) is 29.7. The van der Waals surface area contributed by atoms with Gasteiger partial charge < -0.3 is 35.4 Å². The standard InChI is InChI=1S/C28H46N6O4/c1-21(35)30-10-11-31-27(36)17-22-9-12-34-20-23(22)6-5-15-38-26-8-7-25(33(4)14-13-32(2)3)16-24(26)18-29-19-28(34)37/h7-8,16,22-23,29H,5-6,9-15,17-20H2,1-4H3,(H,30,35)(H,31,36)/t22-,23-/m0/s1. The Balaban J connectivity index is 1.61. The molecule has 38 heavy (non-hydrogen) atoms. The molecule has 2 atom stereocenters. The molecule has 0 radical (unpaired) electrons. The number of rotatable bonds is 9. The molecule has 0 spiro atoms. The van der Waals surface area contributed by atoms with E-state index in [-0.39, 0.29) is 36.1 Å². The van der Waals surface area contributed by atoms with Crippen LogP contribution in [-0.2, 0) is 20.9 Å². The highest BCUT2D eigenvalue weighted by Crippen LogP contribution is 2.31. The molecular formula is C28H46N6O4. The van der Waals surface area contributed by atoms with Gasteiger partial charge in [-0.15, -0.1) is 0 Å². The van der Waals surface area contributed by atoms with Crippen LogP contribution in [0.2, 0.25) is 0 Å². The molecule has 2 bridgehead atoms. The first-order chi connectivity index (χ1) is 18.2. The molecule has 10 heteroatoms. The predicted octanol–water partition coefficient (Wildman–Crippen LogP) is 1.05. The lowest BCUT2D eigenvalue weighted by Crippen LogP contribution is -2.47. The van der Waals surface area contributed by atoms with Crippen LogP contribution >= 0.6 is 0 Å². The Morgan fingerprint density at radius 2 is 1.89 bits per heavy atom. The van der Waals surface area contributed by atoms with Crippen LogP contribution in [0.15, 0.2) is 18.2 Å². The van der Waals surface area contributed by atoms with E-state index in [1.165, 1.54) is 6.92 Å². The van der Waals surface area contributed by atoms with E-state index in [1.807, 2.05) is 11.0 Å². The Morgan fingerprint density at radius 1 is 1.11 bits per heavy atom. The Morgan fingerprint density at radius 3 is 2.66 bits per heavy atom. The Hall–Kier alpha value is -2.85. The van der Waals surface area contributed by atoms with Crippen LogP contribution in [0.5, 0.6) is 5.75 Å². The van der Waals surface area contributed by atoms with Gasteiger partial charge in [0, 0.05) is 77.5 Å². The van der Waals surface area contributed by atoms with Crippen LogP contribution in [-0.4, -0.2) is 101 Å². The fraction of sp³-hybridized carbons (Fsp3) is 0.679. The highest BCUT2D eigenvalue weighted by molar-refractivity contribution is 5.79. The fourth-order valence-electron chi connectivity index (χ4n) is 5.16. The number of hydrogen-bond donors (Lipinski definition) is 3. The van der Waals surface area contributed by atoms with E-state index in [0.717, 1.165) is 49.4 Å². The van der Waals surface area contributed by atoms with Crippen LogP contribution < -0.4 is 25.6 Å².